The number of hydrogen-bond acceptors (Lipinski definition) is 3. The van der Waals surface area contributed by atoms with Crippen molar-refractivity contribution >= 4 is 11.8 Å². The minimum Gasteiger partial charge on any atom is -0.457 e. The Kier molecular flexibility index (Phi) is 6.04. The number of rotatable bonds is 5. The summed E-state index contributed by atoms with van der Waals surface area (Å²) in [5, 5.41) is 3.05. The third kappa shape index (κ3) is 5.21. The molecule has 1 saturated heterocycles. The lowest BCUT2D eigenvalue weighted by molar-refractivity contribution is -0.137. The van der Waals surface area contributed by atoms with Crippen LogP contribution in [0.15, 0.2) is 60.8 Å². The summed E-state index contributed by atoms with van der Waals surface area (Å²) >= 11 is 0. The molecule has 1 aliphatic carbocycles. The first-order chi connectivity index (χ1) is 17.4. The number of H-pyrrole nitrogens is 1. The van der Waals surface area contributed by atoms with Crippen molar-refractivity contribution in [2.24, 2.45) is 11.8 Å². The fraction of sp³-hybridized carbons (Fsp3) is 0.357. The van der Waals surface area contributed by atoms with E-state index in [-0.39, 0.29) is 40.9 Å². The number of benzene rings is 2. The fourth-order valence-corrected chi connectivity index (χ4v) is 4.80. The molecule has 0 radical (unpaired) electrons. The molecule has 6 nitrogen and oxygen atoms in total. The van der Waals surface area contributed by atoms with Gasteiger partial charge in [-0.1, -0.05) is 20.8 Å². The number of amides is 2. The number of likely N-dealkylation sites (tertiary alicyclic amines) is 1. The van der Waals surface area contributed by atoms with E-state index in [2.05, 4.69) is 31.1 Å². The Morgan fingerprint density at radius 1 is 0.919 bits per heavy atom. The standard InChI is InChI=1S/C28H28F3N3O3/c1-27(2,3)23-12-17(13-32-23)26(36)34-14-21-22(15-34)24(21)33-25(35)16-4-8-19(9-5-16)37-20-10-6-18(7-11-20)28(29,30)31/h4-13,21-22,24,32H,14-15H2,1-3H3,(H,33,35)/t21-,22+,24?. The van der Waals surface area contributed by atoms with Crippen LogP contribution in [-0.4, -0.2) is 40.8 Å². The molecule has 2 amide bonds. The highest BCUT2D eigenvalue weighted by atomic mass is 19.4. The topological polar surface area (TPSA) is 74.4 Å². The van der Waals surface area contributed by atoms with Gasteiger partial charge >= 0.3 is 6.18 Å². The summed E-state index contributed by atoms with van der Waals surface area (Å²) in [5.74, 6) is 0.969. The molecule has 194 valence electrons. The normalized spacial score (nSPS) is 20.9. The van der Waals surface area contributed by atoms with Gasteiger partial charge in [0.05, 0.1) is 11.1 Å². The lowest BCUT2D eigenvalue weighted by Gasteiger charge is -2.20. The summed E-state index contributed by atoms with van der Waals surface area (Å²) in [4.78, 5) is 30.6. The van der Waals surface area contributed by atoms with E-state index in [1.54, 1.807) is 30.5 Å². The van der Waals surface area contributed by atoms with Crippen molar-refractivity contribution in [3.63, 3.8) is 0 Å². The average Bonchev–Trinajstić information content (AvgIpc) is 3.23. The summed E-state index contributed by atoms with van der Waals surface area (Å²) in [5.41, 5.74) is 1.32. The molecule has 3 aromatic rings. The van der Waals surface area contributed by atoms with Crippen LogP contribution in [0.25, 0.3) is 0 Å². The molecular weight excluding hydrogens is 483 g/mol. The zero-order valence-corrected chi connectivity index (χ0v) is 20.7. The van der Waals surface area contributed by atoms with Gasteiger partial charge in [0.1, 0.15) is 11.5 Å². The van der Waals surface area contributed by atoms with Crippen molar-refractivity contribution in [1.29, 1.82) is 0 Å². The van der Waals surface area contributed by atoms with Crippen molar-refractivity contribution in [2.45, 2.75) is 38.4 Å². The lowest BCUT2D eigenvalue weighted by Crippen LogP contribution is -2.37. The number of carbonyl (C=O) groups excluding carboxylic acids is 2. The van der Waals surface area contributed by atoms with Gasteiger partial charge in [-0.3, -0.25) is 9.59 Å². The average molecular weight is 512 g/mol. The summed E-state index contributed by atoms with van der Waals surface area (Å²) < 4.78 is 43.7. The molecule has 1 saturated carbocycles. The first-order valence-electron chi connectivity index (χ1n) is 12.1. The molecule has 1 aliphatic heterocycles. The monoisotopic (exact) mass is 511 g/mol. The Balaban J connectivity index is 1.12. The summed E-state index contributed by atoms with van der Waals surface area (Å²) in [6.45, 7) is 7.50. The minimum absolute atomic E-state index is 0.00709. The summed E-state index contributed by atoms with van der Waals surface area (Å²) in [6.07, 6.45) is -2.64. The third-order valence-corrected chi connectivity index (χ3v) is 7.05. The number of ether oxygens (including phenoxy) is 1. The fourth-order valence-electron chi connectivity index (χ4n) is 4.80. The van der Waals surface area contributed by atoms with Crippen molar-refractivity contribution in [2.75, 3.05) is 13.1 Å². The smallest absolute Gasteiger partial charge is 0.416 e. The van der Waals surface area contributed by atoms with E-state index in [0.29, 0.717) is 30.0 Å². The Bertz CT molecular complexity index is 1300. The Morgan fingerprint density at radius 3 is 2.00 bits per heavy atom. The van der Waals surface area contributed by atoms with Gasteiger partial charge in [-0.2, -0.15) is 13.2 Å². The highest BCUT2D eigenvalue weighted by Gasteiger charge is 2.57. The van der Waals surface area contributed by atoms with Crippen LogP contribution < -0.4 is 10.1 Å². The van der Waals surface area contributed by atoms with E-state index in [9.17, 15) is 22.8 Å². The predicted molar refractivity (Wildman–Crippen MR) is 132 cm³/mol. The van der Waals surface area contributed by atoms with Crippen LogP contribution in [0.4, 0.5) is 13.2 Å². The molecule has 1 unspecified atom stereocenters. The second-order valence-electron chi connectivity index (χ2n) is 10.7. The van der Waals surface area contributed by atoms with Gasteiger partial charge in [0, 0.05) is 53.8 Å². The van der Waals surface area contributed by atoms with Gasteiger partial charge in [-0.05, 0) is 54.6 Å². The van der Waals surface area contributed by atoms with Gasteiger partial charge in [-0.25, -0.2) is 0 Å². The van der Waals surface area contributed by atoms with Crippen molar-refractivity contribution < 1.29 is 27.5 Å². The van der Waals surface area contributed by atoms with Gasteiger partial charge in [0.25, 0.3) is 11.8 Å². The lowest BCUT2D eigenvalue weighted by atomic mass is 9.92. The molecule has 5 rings (SSSR count). The number of nitrogens with one attached hydrogen (secondary N) is 2. The number of aromatic nitrogens is 1. The molecule has 9 heteroatoms. The van der Waals surface area contributed by atoms with Crippen LogP contribution in [-0.2, 0) is 11.6 Å². The van der Waals surface area contributed by atoms with E-state index in [4.69, 9.17) is 4.74 Å². The molecule has 2 aromatic carbocycles. The molecule has 0 bridgehead atoms. The Hall–Kier alpha value is -3.75. The molecule has 2 heterocycles. The summed E-state index contributed by atoms with van der Waals surface area (Å²) in [7, 11) is 0. The zero-order valence-electron chi connectivity index (χ0n) is 20.7. The van der Waals surface area contributed by atoms with Crippen LogP contribution in [0.3, 0.4) is 0 Å². The highest BCUT2D eigenvalue weighted by Crippen LogP contribution is 2.46. The summed E-state index contributed by atoms with van der Waals surface area (Å²) in [6, 6.07) is 12.8. The van der Waals surface area contributed by atoms with Crippen LogP contribution >= 0.6 is 0 Å². The Labute approximate surface area is 212 Å². The van der Waals surface area contributed by atoms with E-state index in [0.717, 1.165) is 17.8 Å². The third-order valence-electron chi connectivity index (χ3n) is 7.05. The van der Waals surface area contributed by atoms with Crippen molar-refractivity contribution in [1.82, 2.24) is 15.2 Å². The number of alkyl halides is 3. The largest absolute Gasteiger partial charge is 0.457 e. The van der Waals surface area contributed by atoms with E-state index in [1.165, 1.54) is 12.1 Å². The van der Waals surface area contributed by atoms with E-state index >= 15 is 0 Å². The van der Waals surface area contributed by atoms with Crippen LogP contribution in [0.1, 0.15) is 52.7 Å². The van der Waals surface area contributed by atoms with E-state index in [1.807, 2.05) is 11.0 Å². The number of nitrogens with zero attached hydrogens (tertiary/aromatic N) is 1. The molecular formula is C28H28F3N3O3. The minimum atomic E-state index is -4.40. The molecule has 37 heavy (non-hydrogen) atoms. The van der Waals surface area contributed by atoms with Crippen LogP contribution in [0.2, 0.25) is 0 Å². The van der Waals surface area contributed by atoms with Crippen LogP contribution in [0, 0.1) is 11.8 Å². The van der Waals surface area contributed by atoms with E-state index < -0.39 is 11.7 Å². The SMILES string of the molecule is CC(C)(C)c1cc(C(=O)N2C[C@@H]3C(NC(=O)c4ccc(Oc5ccc(C(F)(F)F)cc5)cc4)[C@@H]3C2)c[nH]1. The number of piperidine rings is 1. The first kappa shape index (κ1) is 24.9. The van der Waals surface area contributed by atoms with Crippen molar-refractivity contribution in [3.05, 3.63) is 83.2 Å². The Morgan fingerprint density at radius 2 is 1.49 bits per heavy atom. The molecule has 2 N–H and O–H groups in total. The number of hydrogen-bond donors (Lipinski definition) is 2. The number of carbonyl (C=O) groups is 2. The van der Waals surface area contributed by atoms with Gasteiger partial charge < -0.3 is 19.9 Å². The highest BCUT2D eigenvalue weighted by molar-refractivity contribution is 5.96. The molecule has 3 atom stereocenters. The molecule has 2 aliphatic rings. The molecule has 1 aromatic heterocycles. The molecule has 0 spiro atoms. The van der Waals surface area contributed by atoms with Crippen molar-refractivity contribution in [3.8, 4) is 11.5 Å². The second-order valence-corrected chi connectivity index (χ2v) is 10.7. The van der Waals surface area contributed by atoms with Crippen LogP contribution in [0.5, 0.6) is 11.5 Å². The maximum absolute atomic E-state index is 12.9. The maximum Gasteiger partial charge on any atom is 0.416 e. The predicted octanol–water partition coefficient (Wildman–Crippen LogP) is 5.62. The second kappa shape index (κ2) is 8.97. The van der Waals surface area contributed by atoms with Gasteiger partial charge in [0.15, 0.2) is 0 Å². The number of aromatic amines is 1. The maximum atomic E-state index is 12.9. The molecule has 2 fully saturated rings. The van der Waals surface area contributed by atoms with Gasteiger partial charge in [0.2, 0.25) is 0 Å². The quantitative estimate of drug-likeness (QED) is 0.467. The first-order valence-corrected chi connectivity index (χ1v) is 12.1. The zero-order chi connectivity index (χ0) is 26.5. The number of fused-ring (bicyclic) bond motifs is 1. The van der Waals surface area contributed by atoms with Gasteiger partial charge in [-0.15, -0.1) is 0 Å². The number of halogens is 3.